The van der Waals surface area contributed by atoms with Crippen molar-refractivity contribution in [3.8, 4) is 5.75 Å². The molecule has 134 valence electrons. The molecule has 1 aliphatic heterocycles. The Balaban J connectivity index is 1.81. The van der Waals surface area contributed by atoms with Gasteiger partial charge in [-0.05, 0) is 57.5 Å². The third kappa shape index (κ3) is 6.79. The predicted octanol–water partition coefficient (Wildman–Crippen LogP) is 2.63. The third-order valence-corrected chi connectivity index (χ3v) is 4.14. The number of likely N-dealkylation sites (tertiary alicyclic amines) is 1. The molecule has 1 aromatic carbocycles. The molecule has 5 nitrogen and oxygen atoms in total. The number of ether oxygens (including phenoxy) is 1. The zero-order chi connectivity index (χ0) is 17.0. The van der Waals surface area contributed by atoms with Crippen LogP contribution < -0.4 is 15.4 Å². The second-order valence-corrected chi connectivity index (χ2v) is 6.10. The summed E-state index contributed by atoms with van der Waals surface area (Å²) in [5.74, 6) is 1.80. The van der Waals surface area contributed by atoms with Crippen LogP contribution in [-0.2, 0) is 6.54 Å². The van der Waals surface area contributed by atoms with Crippen LogP contribution in [0.1, 0.15) is 38.7 Å². The van der Waals surface area contributed by atoms with Crippen LogP contribution in [0.3, 0.4) is 0 Å². The minimum atomic E-state index is 0.653. The van der Waals surface area contributed by atoms with Crippen LogP contribution in [0, 0.1) is 0 Å². The molecule has 0 spiro atoms. The first-order valence-corrected chi connectivity index (χ1v) is 9.28. The highest BCUT2D eigenvalue weighted by Gasteiger charge is 2.09. The Kier molecular flexibility index (Phi) is 8.46. The van der Waals surface area contributed by atoms with Crippen LogP contribution >= 0.6 is 0 Å². The van der Waals surface area contributed by atoms with E-state index in [9.17, 15) is 0 Å². The molecule has 1 aliphatic rings. The fourth-order valence-electron chi connectivity index (χ4n) is 2.93. The van der Waals surface area contributed by atoms with Crippen molar-refractivity contribution in [2.24, 2.45) is 4.99 Å². The highest BCUT2D eigenvalue weighted by molar-refractivity contribution is 5.79. The van der Waals surface area contributed by atoms with E-state index in [4.69, 9.17) is 4.74 Å². The molecule has 0 unspecified atom stereocenters. The molecule has 0 atom stereocenters. The van der Waals surface area contributed by atoms with Crippen LogP contribution in [0.2, 0.25) is 0 Å². The molecular formula is C19H32N4O. The number of rotatable bonds is 8. The maximum atomic E-state index is 5.55. The fraction of sp³-hybridized carbons (Fsp3) is 0.632. The Morgan fingerprint density at radius 2 is 2.00 bits per heavy atom. The number of aliphatic imine (C=N–C) groups is 1. The predicted molar refractivity (Wildman–Crippen MR) is 101 cm³/mol. The van der Waals surface area contributed by atoms with Crippen molar-refractivity contribution < 1.29 is 4.74 Å². The first-order chi connectivity index (χ1) is 11.8. The first-order valence-electron chi connectivity index (χ1n) is 9.28. The molecule has 0 bridgehead atoms. The summed E-state index contributed by atoms with van der Waals surface area (Å²) >= 11 is 0. The number of piperidine rings is 1. The molecule has 24 heavy (non-hydrogen) atoms. The number of hydrogen-bond donors (Lipinski definition) is 2. The van der Waals surface area contributed by atoms with Crippen LogP contribution in [0.5, 0.6) is 5.75 Å². The van der Waals surface area contributed by atoms with Gasteiger partial charge in [-0.1, -0.05) is 18.6 Å². The summed E-state index contributed by atoms with van der Waals surface area (Å²) in [6.45, 7) is 10.8. The average Bonchev–Trinajstić information content (AvgIpc) is 2.61. The Morgan fingerprint density at radius 3 is 2.75 bits per heavy atom. The van der Waals surface area contributed by atoms with Gasteiger partial charge in [-0.2, -0.15) is 0 Å². The first kappa shape index (κ1) is 18.6. The van der Waals surface area contributed by atoms with Crippen LogP contribution in [0.15, 0.2) is 29.3 Å². The van der Waals surface area contributed by atoms with Gasteiger partial charge < -0.3 is 20.3 Å². The maximum absolute atomic E-state index is 5.55. The van der Waals surface area contributed by atoms with Gasteiger partial charge in [0.15, 0.2) is 5.96 Å². The SMILES string of the molecule is CCNC(=NCc1cccc(OCC)c1)NCCN1CCCCC1. The normalized spacial score (nSPS) is 16.0. The van der Waals surface area contributed by atoms with Crippen molar-refractivity contribution in [1.29, 1.82) is 0 Å². The van der Waals surface area contributed by atoms with E-state index in [0.717, 1.165) is 36.9 Å². The smallest absolute Gasteiger partial charge is 0.191 e. The van der Waals surface area contributed by atoms with E-state index in [2.05, 4.69) is 39.6 Å². The Morgan fingerprint density at radius 1 is 1.17 bits per heavy atom. The fourth-order valence-corrected chi connectivity index (χ4v) is 2.93. The average molecular weight is 332 g/mol. The Bertz CT molecular complexity index is 498. The van der Waals surface area contributed by atoms with Crippen LogP contribution in [0.4, 0.5) is 0 Å². The standard InChI is InChI=1S/C19H32N4O/c1-3-20-19(21-11-14-23-12-6-5-7-13-23)22-16-17-9-8-10-18(15-17)24-4-2/h8-10,15H,3-7,11-14,16H2,1-2H3,(H2,20,21,22). The summed E-state index contributed by atoms with van der Waals surface area (Å²) in [6, 6.07) is 8.15. The largest absolute Gasteiger partial charge is 0.494 e. The minimum absolute atomic E-state index is 0.653. The third-order valence-electron chi connectivity index (χ3n) is 4.14. The summed E-state index contributed by atoms with van der Waals surface area (Å²) in [6.07, 6.45) is 4.06. The Hall–Kier alpha value is -1.75. The van der Waals surface area contributed by atoms with Gasteiger partial charge in [0, 0.05) is 19.6 Å². The van der Waals surface area contributed by atoms with Gasteiger partial charge in [-0.25, -0.2) is 4.99 Å². The lowest BCUT2D eigenvalue weighted by Crippen LogP contribution is -2.42. The molecule has 0 radical (unpaired) electrons. The molecule has 0 aliphatic carbocycles. The highest BCUT2D eigenvalue weighted by Crippen LogP contribution is 2.13. The second kappa shape index (κ2) is 10.9. The molecule has 1 fully saturated rings. The summed E-state index contributed by atoms with van der Waals surface area (Å²) in [7, 11) is 0. The Labute approximate surface area is 146 Å². The molecule has 5 heteroatoms. The number of hydrogen-bond acceptors (Lipinski definition) is 3. The van der Waals surface area contributed by atoms with Gasteiger partial charge in [0.1, 0.15) is 5.75 Å². The monoisotopic (exact) mass is 332 g/mol. The topological polar surface area (TPSA) is 48.9 Å². The van der Waals surface area contributed by atoms with Gasteiger partial charge in [-0.3, -0.25) is 0 Å². The lowest BCUT2D eigenvalue weighted by molar-refractivity contribution is 0.232. The van der Waals surface area contributed by atoms with E-state index in [1.165, 1.54) is 32.4 Å². The van der Waals surface area contributed by atoms with Crippen molar-refractivity contribution in [2.75, 3.05) is 39.3 Å². The summed E-state index contributed by atoms with van der Waals surface area (Å²) in [5.41, 5.74) is 1.16. The van der Waals surface area contributed by atoms with Crippen molar-refractivity contribution in [3.63, 3.8) is 0 Å². The zero-order valence-electron chi connectivity index (χ0n) is 15.2. The van der Waals surface area contributed by atoms with E-state index >= 15 is 0 Å². The van der Waals surface area contributed by atoms with E-state index in [1.54, 1.807) is 0 Å². The molecular weight excluding hydrogens is 300 g/mol. The van der Waals surface area contributed by atoms with Crippen molar-refractivity contribution in [3.05, 3.63) is 29.8 Å². The van der Waals surface area contributed by atoms with Gasteiger partial charge >= 0.3 is 0 Å². The second-order valence-electron chi connectivity index (χ2n) is 6.10. The summed E-state index contributed by atoms with van der Waals surface area (Å²) in [5, 5.41) is 6.76. The molecule has 1 aromatic rings. The van der Waals surface area contributed by atoms with Crippen LogP contribution in [-0.4, -0.2) is 50.2 Å². The number of benzene rings is 1. The molecule has 0 saturated carbocycles. The van der Waals surface area contributed by atoms with Gasteiger partial charge in [-0.15, -0.1) is 0 Å². The van der Waals surface area contributed by atoms with E-state index in [1.807, 2.05) is 19.1 Å². The molecule has 2 rings (SSSR count). The minimum Gasteiger partial charge on any atom is -0.494 e. The van der Waals surface area contributed by atoms with E-state index < -0.39 is 0 Å². The van der Waals surface area contributed by atoms with Gasteiger partial charge in [0.05, 0.1) is 13.2 Å². The molecule has 1 heterocycles. The summed E-state index contributed by atoms with van der Waals surface area (Å²) in [4.78, 5) is 7.22. The molecule has 0 amide bonds. The zero-order valence-corrected chi connectivity index (χ0v) is 15.2. The molecule has 2 N–H and O–H groups in total. The van der Waals surface area contributed by atoms with Crippen molar-refractivity contribution in [1.82, 2.24) is 15.5 Å². The highest BCUT2D eigenvalue weighted by atomic mass is 16.5. The maximum Gasteiger partial charge on any atom is 0.191 e. The number of guanidine groups is 1. The lowest BCUT2D eigenvalue weighted by Gasteiger charge is -2.26. The van der Waals surface area contributed by atoms with Gasteiger partial charge in [0.2, 0.25) is 0 Å². The number of nitrogens with one attached hydrogen (secondary N) is 2. The van der Waals surface area contributed by atoms with Crippen molar-refractivity contribution >= 4 is 5.96 Å². The van der Waals surface area contributed by atoms with Gasteiger partial charge in [0.25, 0.3) is 0 Å². The quantitative estimate of drug-likeness (QED) is 0.567. The van der Waals surface area contributed by atoms with Crippen molar-refractivity contribution in [2.45, 2.75) is 39.7 Å². The molecule has 1 saturated heterocycles. The summed E-state index contributed by atoms with van der Waals surface area (Å²) < 4.78 is 5.55. The van der Waals surface area contributed by atoms with Crippen LogP contribution in [0.25, 0.3) is 0 Å². The molecule has 0 aromatic heterocycles. The lowest BCUT2D eigenvalue weighted by atomic mass is 10.1. The van der Waals surface area contributed by atoms with E-state index in [0.29, 0.717) is 13.2 Å². The van der Waals surface area contributed by atoms with E-state index in [-0.39, 0.29) is 0 Å². The number of nitrogens with zero attached hydrogens (tertiary/aromatic N) is 2.